The highest BCUT2D eigenvalue weighted by Gasteiger charge is 2.55. The van der Waals surface area contributed by atoms with Crippen LogP contribution in [-0.2, 0) is 21.4 Å². The highest BCUT2D eigenvalue weighted by atomic mass is 32.2. The molecule has 2 N–H and O–H groups in total. The molecule has 22 heavy (non-hydrogen) atoms. The SMILES string of the molecule is NS(=O)(=O)C1(C(=O)N2CCOc3cccc(F)c3C2)CCC1. The van der Waals surface area contributed by atoms with E-state index in [0.717, 1.165) is 0 Å². The van der Waals surface area contributed by atoms with Crippen molar-refractivity contribution in [1.82, 2.24) is 4.90 Å². The van der Waals surface area contributed by atoms with Crippen LogP contribution in [0.15, 0.2) is 18.2 Å². The number of hydrogen-bond donors (Lipinski definition) is 1. The number of fused-ring (bicyclic) bond motifs is 1. The second-order valence-corrected chi connectivity index (χ2v) is 7.56. The van der Waals surface area contributed by atoms with Gasteiger partial charge in [-0.1, -0.05) is 6.07 Å². The Bertz CT molecular complexity index is 716. The number of ether oxygens (including phenoxy) is 1. The lowest BCUT2D eigenvalue weighted by Crippen LogP contribution is -2.60. The molecule has 0 saturated heterocycles. The molecule has 6 nitrogen and oxygen atoms in total. The molecule has 1 aliphatic heterocycles. The Labute approximate surface area is 128 Å². The fraction of sp³-hybridized carbons (Fsp3) is 0.500. The fourth-order valence-electron chi connectivity index (χ4n) is 2.94. The zero-order valence-corrected chi connectivity index (χ0v) is 12.7. The molecule has 0 radical (unpaired) electrons. The quantitative estimate of drug-likeness (QED) is 0.868. The van der Waals surface area contributed by atoms with Crippen molar-refractivity contribution >= 4 is 15.9 Å². The Hall–Kier alpha value is -1.67. The zero-order chi connectivity index (χ0) is 16.0. The molecule has 8 heteroatoms. The second-order valence-electron chi connectivity index (χ2n) is 5.68. The summed E-state index contributed by atoms with van der Waals surface area (Å²) in [5.74, 6) is -0.648. The third-order valence-electron chi connectivity index (χ3n) is 4.43. The molecule has 0 spiro atoms. The number of carbonyl (C=O) groups is 1. The molecule has 1 saturated carbocycles. The standard InChI is InChI=1S/C14H17FN2O4S/c15-11-3-1-4-12-10(11)9-17(7-8-21-12)13(18)14(5-2-6-14)22(16,19)20/h1,3-4H,2,5-9H2,(H2,16,19,20). The molecule has 0 unspecified atom stereocenters. The Morgan fingerprint density at radius 1 is 1.36 bits per heavy atom. The minimum absolute atomic E-state index is 0.0158. The molecule has 0 bridgehead atoms. The minimum atomic E-state index is -4.00. The summed E-state index contributed by atoms with van der Waals surface area (Å²) < 4.78 is 41.5. The molecule has 1 aromatic carbocycles. The van der Waals surface area contributed by atoms with E-state index >= 15 is 0 Å². The van der Waals surface area contributed by atoms with Gasteiger partial charge >= 0.3 is 0 Å². The molecule has 3 rings (SSSR count). The van der Waals surface area contributed by atoms with Gasteiger partial charge in [0, 0.05) is 5.56 Å². The molecule has 1 heterocycles. The van der Waals surface area contributed by atoms with Gasteiger partial charge in [0.1, 0.15) is 18.2 Å². The van der Waals surface area contributed by atoms with Gasteiger partial charge < -0.3 is 9.64 Å². The molecular formula is C14H17FN2O4S. The molecule has 1 aromatic rings. The summed E-state index contributed by atoms with van der Waals surface area (Å²) in [5, 5.41) is 5.27. The van der Waals surface area contributed by atoms with Gasteiger partial charge in [0.25, 0.3) is 0 Å². The third kappa shape index (κ3) is 2.26. The van der Waals surface area contributed by atoms with Gasteiger partial charge in [-0.05, 0) is 31.4 Å². The first kappa shape index (κ1) is 15.2. The number of amides is 1. The monoisotopic (exact) mass is 328 g/mol. The lowest BCUT2D eigenvalue weighted by atomic mass is 9.83. The predicted octanol–water partition coefficient (Wildman–Crippen LogP) is 0.758. The van der Waals surface area contributed by atoms with Gasteiger partial charge in [-0.2, -0.15) is 0 Å². The van der Waals surface area contributed by atoms with Crippen molar-refractivity contribution in [2.24, 2.45) is 5.14 Å². The number of primary sulfonamides is 1. The summed E-state index contributed by atoms with van der Waals surface area (Å²) in [6, 6.07) is 4.45. The highest BCUT2D eigenvalue weighted by Crippen LogP contribution is 2.40. The van der Waals surface area contributed by atoms with E-state index in [1.807, 2.05) is 0 Å². The van der Waals surface area contributed by atoms with Crippen LogP contribution in [0.1, 0.15) is 24.8 Å². The Kier molecular flexibility index (Phi) is 3.60. The van der Waals surface area contributed by atoms with Crippen LogP contribution >= 0.6 is 0 Å². The Balaban J connectivity index is 1.93. The molecule has 2 aliphatic rings. The summed E-state index contributed by atoms with van der Waals surface area (Å²) in [6.45, 7) is 0.366. The first-order valence-corrected chi connectivity index (χ1v) is 8.62. The van der Waals surface area contributed by atoms with E-state index in [4.69, 9.17) is 9.88 Å². The van der Waals surface area contributed by atoms with Gasteiger partial charge in [0.2, 0.25) is 15.9 Å². The molecule has 0 aromatic heterocycles. The highest BCUT2D eigenvalue weighted by molar-refractivity contribution is 7.91. The van der Waals surface area contributed by atoms with E-state index < -0.39 is 26.5 Å². The van der Waals surface area contributed by atoms with Crippen molar-refractivity contribution < 1.29 is 22.3 Å². The summed E-state index contributed by atoms with van der Waals surface area (Å²) >= 11 is 0. The topological polar surface area (TPSA) is 89.7 Å². The van der Waals surface area contributed by atoms with Crippen LogP contribution in [0.4, 0.5) is 4.39 Å². The maximum absolute atomic E-state index is 14.0. The normalized spacial score (nSPS) is 20.4. The van der Waals surface area contributed by atoms with Crippen molar-refractivity contribution in [2.45, 2.75) is 30.6 Å². The van der Waals surface area contributed by atoms with Crippen molar-refractivity contribution in [2.75, 3.05) is 13.2 Å². The minimum Gasteiger partial charge on any atom is -0.491 e. The van der Waals surface area contributed by atoms with E-state index in [9.17, 15) is 17.6 Å². The number of halogens is 1. The Morgan fingerprint density at radius 2 is 2.09 bits per heavy atom. The van der Waals surface area contributed by atoms with Crippen molar-refractivity contribution in [3.05, 3.63) is 29.6 Å². The van der Waals surface area contributed by atoms with Crippen LogP contribution in [0.5, 0.6) is 5.75 Å². The zero-order valence-electron chi connectivity index (χ0n) is 11.9. The van der Waals surface area contributed by atoms with E-state index in [1.54, 1.807) is 6.07 Å². The van der Waals surface area contributed by atoms with Crippen LogP contribution in [0, 0.1) is 5.82 Å². The van der Waals surface area contributed by atoms with Crippen molar-refractivity contribution in [3.8, 4) is 5.75 Å². The number of benzene rings is 1. The van der Waals surface area contributed by atoms with Crippen LogP contribution in [0.3, 0.4) is 0 Å². The molecule has 1 fully saturated rings. The van der Waals surface area contributed by atoms with E-state index in [2.05, 4.69) is 0 Å². The number of rotatable bonds is 2. The van der Waals surface area contributed by atoms with Crippen molar-refractivity contribution in [1.29, 1.82) is 0 Å². The lowest BCUT2D eigenvalue weighted by Gasteiger charge is -2.40. The summed E-state index contributed by atoms with van der Waals surface area (Å²) in [7, 11) is -4.00. The molecule has 120 valence electrons. The predicted molar refractivity (Wildman–Crippen MR) is 77.0 cm³/mol. The molecule has 0 atom stereocenters. The van der Waals surface area contributed by atoms with E-state index in [-0.39, 0.29) is 38.1 Å². The van der Waals surface area contributed by atoms with Crippen LogP contribution < -0.4 is 9.88 Å². The third-order valence-corrected chi connectivity index (χ3v) is 6.10. The Morgan fingerprint density at radius 3 is 2.68 bits per heavy atom. The number of carbonyl (C=O) groups excluding carboxylic acids is 1. The van der Waals surface area contributed by atoms with Gasteiger partial charge in [-0.3, -0.25) is 4.79 Å². The van der Waals surface area contributed by atoms with Crippen LogP contribution in [0.2, 0.25) is 0 Å². The van der Waals surface area contributed by atoms with Gasteiger partial charge in [0.15, 0.2) is 4.75 Å². The fourth-order valence-corrected chi connectivity index (χ4v) is 4.17. The number of sulfonamides is 1. The molecular weight excluding hydrogens is 311 g/mol. The average molecular weight is 328 g/mol. The van der Waals surface area contributed by atoms with Gasteiger partial charge in [-0.25, -0.2) is 17.9 Å². The van der Waals surface area contributed by atoms with E-state index in [0.29, 0.717) is 12.2 Å². The maximum atomic E-state index is 14.0. The molecule has 1 amide bonds. The van der Waals surface area contributed by atoms with Gasteiger partial charge in [0.05, 0.1) is 13.1 Å². The van der Waals surface area contributed by atoms with Crippen LogP contribution in [0.25, 0.3) is 0 Å². The first-order chi connectivity index (χ1) is 10.3. The number of nitrogens with zero attached hydrogens (tertiary/aromatic N) is 1. The van der Waals surface area contributed by atoms with Gasteiger partial charge in [-0.15, -0.1) is 0 Å². The smallest absolute Gasteiger partial charge is 0.245 e. The van der Waals surface area contributed by atoms with Crippen LogP contribution in [-0.4, -0.2) is 37.1 Å². The van der Waals surface area contributed by atoms with E-state index in [1.165, 1.54) is 17.0 Å². The summed E-state index contributed by atoms with van der Waals surface area (Å²) in [6.07, 6.45) is 1.07. The average Bonchev–Trinajstić information content (AvgIpc) is 2.58. The summed E-state index contributed by atoms with van der Waals surface area (Å²) in [4.78, 5) is 14.0. The maximum Gasteiger partial charge on any atom is 0.245 e. The second kappa shape index (κ2) is 5.20. The lowest BCUT2D eigenvalue weighted by molar-refractivity contribution is -0.137. The summed E-state index contributed by atoms with van der Waals surface area (Å²) in [5.41, 5.74) is 0.261. The largest absolute Gasteiger partial charge is 0.491 e. The number of hydrogen-bond acceptors (Lipinski definition) is 4. The molecule has 1 aliphatic carbocycles. The first-order valence-electron chi connectivity index (χ1n) is 7.07. The van der Waals surface area contributed by atoms with Crippen molar-refractivity contribution in [3.63, 3.8) is 0 Å². The number of nitrogens with two attached hydrogens (primary N) is 1.